The molecule has 0 radical (unpaired) electrons. The molecule has 0 aromatic carbocycles. The Morgan fingerprint density at radius 2 is 2.12 bits per heavy atom. The first-order valence-corrected chi connectivity index (χ1v) is 9.67. The van der Waals surface area contributed by atoms with E-state index < -0.39 is 0 Å². The molecular formula is C19H34N6O. The molecular weight excluding hydrogens is 328 g/mol. The van der Waals surface area contributed by atoms with Crippen LogP contribution in [0, 0.1) is 5.92 Å². The van der Waals surface area contributed by atoms with E-state index in [2.05, 4.69) is 29.6 Å². The summed E-state index contributed by atoms with van der Waals surface area (Å²) in [6.45, 7) is 5.19. The second kappa shape index (κ2) is 9.59. The van der Waals surface area contributed by atoms with Crippen LogP contribution in [-0.2, 0) is 24.8 Å². The molecule has 1 aromatic heterocycles. The lowest BCUT2D eigenvalue weighted by molar-refractivity contribution is -0.127. The van der Waals surface area contributed by atoms with Gasteiger partial charge in [0.1, 0.15) is 0 Å². The molecule has 146 valence electrons. The fourth-order valence-electron chi connectivity index (χ4n) is 3.35. The van der Waals surface area contributed by atoms with Gasteiger partial charge in [-0.2, -0.15) is 5.10 Å². The maximum absolute atomic E-state index is 11.9. The smallest absolute Gasteiger partial charge is 0.241 e. The number of hydrogen-bond acceptors (Lipinski definition) is 3. The first kappa shape index (κ1) is 20.3. The highest BCUT2D eigenvalue weighted by molar-refractivity contribution is 5.86. The van der Waals surface area contributed by atoms with E-state index in [4.69, 9.17) is 4.99 Å². The second-order valence-electron chi connectivity index (χ2n) is 7.45. The van der Waals surface area contributed by atoms with Crippen molar-refractivity contribution in [1.82, 2.24) is 25.3 Å². The first-order valence-electron chi connectivity index (χ1n) is 9.67. The van der Waals surface area contributed by atoms with Crippen LogP contribution in [0.3, 0.4) is 0 Å². The number of hydrogen-bond donors (Lipinski definition) is 2. The van der Waals surface area contributed by atoms with Crippen molar-refractivity contribution in [2.45, 2.75) is 58.5 Å². The van der Waals surface area contributed by atoms with Crippen LogP contribution < -0.4 is 10.6 Å². The molecule has 1 saturated carbocycles. The minimum Gasteiger partial charge on any atom is -0.353 e. The van der Waals surface area contributed by atoms with Gasteiger partial charge in [0.25, 0.3) is 0 Å². The van der Waals surface area contributed by atoms with E-state index in [0.717, 1.165) is 24.1 Å². The third-order valence-corrected chi connectivity index (χ3v) is 5.07. The first-order chi connectivity index (χ1) is 12.4. The molecule has 0 bridgehead atoms. The summed E-state index contributed by atoms with van der Waals surface area (Å²) >= 11 is 0. The Bertz CT molecular complexity index is 622. The standard InChI is InChI=1S/C19H34N6O/c1-6-16-15(13-25(5)23-16)11-20-19(21-12-18(26)24(3)4)22-17-10-8-7-9-14(17)2/h13-14,17H,6-12H2,1-5H3,(H2,20,21,22). The summed E-state index contributed by atoms with van der Waals surface area (Å²) in [5, 5.41) is 11.2. The average molecular weight is 363 g/mol. The predicted molar refractivity (Wildman–Crippen MR) is 105 cm³/mol. The highest BCUT2D eigenvalue weighted by Gasteiger charge is 2.22. The van der Waals surface area contributed by atoms with Crippen molar-refractivity contribution in [2.24, 2.45) is 18.0 Å². The van der Waals surface area contributed by atoms with Crippen LogP contribution in [0.4, 0.5) is 0 Å². The Hall–Kier alpha value is -2.05. The van der Waals surface area contributed by atoms with Crippen molar-refractivity contribution in [1.29, 1.82) is 0 Å². The molecule has 1 amide bonds. The third-order valence-electron chi connectivity index (χ3n) is 5.07. The Labute approximate surface area is 157 Å². The molecule has 1 heterocycles. The van der Waals surface area contributed by atoms with E-state index in [-0.39, 0.29) is 12.5 Å². The number of aliphatic imine (C=N–C) groups is 1. The highest BCUT2D eigenvalue weighted by Crippen LogP contribution is 2.23. The minimum atomic E-state index is 0.0341. The third kappa shape index (κ3) is 5.75. The van der Waals surface area contributed by atoms with Crippen LogP contribution in [0.2, 0.25) is 0 Å². The maximum atomic E-state index is 11.9. The van der Waals surface area contributed by atoms with Gasteiger partial charge in [-0.3, -0.25) is 9.48 Å². The van der Waals surface area contributed by atoms with Crippen molar-refractivity contribution in [3.8, 4) is 0 Å². The lowest BCUT2D eigenvalue weighted by atomic mass is 9.86. The van der Waals surface area contributed by atoms with Crippen molar-refractivity contribution in [2.75, 3.05) is 20.6 Å². The molecule has 7 nitrogen and oxygen atoms in total. The summed E-state index contributed by atoms with van der Waals surface area (Å²) < 4.78 is 1.84. The van der Waals surface area contributed by atoms with Crippen molar-refractivity contribution >= 4 is 11.9 Å². The quantitative estimate of drug-likeness (QED) is 0.596. The number of rotatable bonds is 6. The molecule has 2 rings (SSSR count). The lowest BCUT2D eigenvalue weighted by Gasteiger charge is -2.31. The molecule has 0 spiro atoms. The van der Waals surface area contributed by atoms with Gasteiger partial charge in [-0.15, -0.1) is 0 Å². The molecule has 1 aromatic rings. The molecule has 1 aliphatic carbocycles. The Morgan fingerprint density at radius 1 is 1.38 bits per heavy atom. The number of guanidine groups is 1. The van der Waals surface area contributed by atoms with Crippen LogP contribution in [0.1, 0.15) is 50.8 Å². The van der Waals surface area contributed by atoms with Crippen molar-refractivity contribution in [3.05, 3.63) is 17.5 Å². The average Bonchev–Trinajstić information content (AvgIpc) is 2.98. The minimum absolute atomic E-state index is 0.0341. The summed E-state index contributed by atoms with van der Waals surface area (Å²) in [6, 6.07) is 0.406. The van der Waals surface area contributed by atoms with E-state index in [1.807, 2.05) is 17.9 Å². The number of nitrogens with zero attached hydrogens (tertiary/aromatic N) is 4. The number of aryl methyl sites for hydroxylation is 2. The highest BCUT2D eigenvalue weighted by atomic mass is 16.2. The second-order valence-corrected chi connectivity index (χ2v) is 7.45. The maximum Gasteiger partial charge on any atom is 0.241 e. The molecule has 7 heteroatoms. The van der Waals surface area contributed by atoms with E-state index in [0.29, 0.717) is 24.5 Å². The summed E-state index contributed by atoms with van der Waals surface area (Å²) in [4.78, 5) is 18.3. The predicted octanol–water partition coefficient (Wildman–Crippen LogP) is 1.68. The largest absolute Gasteiger partial charge is 0.353 e. The molecule has 0 aliphatic heterocycles. The molecule has 1 fully saturated rings. The monoisotopic (exact) mass is 362 g/mol. The number of aromatic nitrogens is 2. The number of amides is 1. The zero-order valence-corrected chi connectivity index (χ0v) is 16.9. The Morgan fingerprint density at radius 3 is 2.77 bits per heavy atom. The van der Waals surface area contributed by atoms with Gasteiger partial charge >= 0.3 is 0 Å². The molecule has 2 atom stereocenters. The number of carbonyl (C=O) groups excluding carboxylic acids is 1. The molecule has 2 N–H and O–H groups in total. The number of nitrogens with one attached hydrogen (secondary N) is 2. The van der Waals surface area contributed by atoms with Gasteiger partial charge in [0.15, 0.2) is 5.96 Å². The van der Waals surface area contributed by atoms with E-state index in [9.17, 15) is 4.79 Å². The SMILES string of the molecule is CCc1nn(C)cc1CN=C(NCC(=O)N(C)C)NC1CCCCC1C. The van der Waals surface area contributed by atoms with Gasteiger partial charge < -0.3 is 15.5 Å². The molecule has 2 unspecified atom stereocenters. The summed E-state index contributed by atoms with van der Waals surface area (Å²) in [6.07, 6.45) is 7.85. The van der Waals surface area contributed by atoms with Gasteiger partial charge in [-0.05, 0) is 25.2 Å². The molecule has 0 saturated heterocycles. The fourth-order valence-corrected chi connectivity index (χ4v) is 3.35. The Kier molecular flexibility index (Phi) is 7.48. The summed E-state index contributed by atoms with van der Waals surface area (Å²) in [5.74, 6) is 1.36. The Balaban J connectivity index is 2.08. The van der Waals surface area contributed by atoms with Crippen LogP contribution in [0.25, 0.3) is 0 Å². The van der Waals surface area contributed by atoms with Gasteiger partial charge in [0.05, 0.1) is 18.8 Å². The molecule has 26 heavy (non-hydrogen) atoms. The van der Waals surface area contributed by atoms with E-state index in [1.165, 1.54) is 19.3 Å². The van der Waals surface area contributed by atoms with Crippen molar-refractivity contribution < 1.29 is 4.79 Å². The van der Waals surface area contributed by atoms with E-state index >= 15 is 0 Å². The van der Waals surface area contributed by atoms with E-state index in [1.54, 1.807) is 19.0 Å². The van der Waals surface area contributed by atoms with Crippen LogP contribution >= 0.6 is 0 Å². The summed E-state index contributed by atoms with van der Waals surface area (Å²) in [5.41, 5.74) is 2.21. The number of likely N-dealkylation sites (N-methyl/N-ethyl adjacent to an activating group) is 1. The van der Waals surface area contributed by atoms with Crippen LogP contribution in [0.15, 0.2) is 11.2 Å². The van der Waals surface area contributed by atoms with Crippen LogP contribution in [-0.4, -0.2) is 53.2 Å². The van der Waals surface area contributed by atoms with Gasteiger partial charge in [-0.25, -0.2) is 4.99 Å². The zero-order valence-electron chi connectivity index (χ0n) is 16.9. The molecule has 1 aliphatic rings. The summed E-state index contributed by atoms with van der Waals surface area (Å²) in [7, 11) is 5.46. The lowest BCUT2D eigenvalue weighted by Crippen LogP contribution is -2.49. The van der Waals surface area contributed by atoms with Gasteiger partial charge in [0, 0.05) is 38.9 Å². The normalized spacial score (nSPS) is 20.7. The zero-order chi connectivity index (χ0) is 19.1. The topological polar surface area (TPSA) is 74.5 Å². The van der Waals surface area contributed by atoms with Crippen molar-refractivity contribution in [3.63, 3.8) is 0 Å². The number of carbonyl (C=O) groups is 1. The van der Waals surface area contributed by atoms with Crippen LogP contribution in [0.5, 0.6) is 0 Å². The van der Waals surface area contributed by atoms with Gasteiger partial charge in [0.2, 0.25) is 5.91 Å². The fraction of sp³-hybridized carbons (Fsp3) is 0.737. The van der Waals surface area contributed by atoms with Gasteiger partial charge in [-0.1, -0.05) is 26.7 Å².